The molecule has 0 aliphatic heterocycles. The lowest BCUT2D eigenvalue weighted by Crippen LogP contribution is -2.02. The average molecular weight is 225 g/mol. The Balaban J connectivity index is 3.18. The zero-order valence-corrected chi connectivity index (χ0v) is 9.31. The van der Waals surface area contributed by atoms with Crippen molar-refractivity contribution < 1.29 is 5.11 Å². The van der Waals surface area contributed by atoms with Gasteiger partial charge in [-0.05, 0) is 30.7 Å². The van der Waals surface area contributed by atoms with Crippen molar-refractivity contribution in [3.63, 3.8) is 0 Å². The molecular formula is C13H11N3O. The summed E-state index contributed by atoms with van der Waals surface area (Å²) in [5.41, 5.74) is 7.11. The second-order valence-corrected chi connectivity index (χ2v) is 3.41. The van der Waals surface area contributed by atoms with E-state index in [-0.39, 0.29) is 17.0 Å². The molecule has 0 atom stereocenters. The van der Waals surface area contributed by atoms with Gasteiger partial charge < -0.3 is 10.8 Å². The molecule has 0 fully saturated rings. The van der Waals surface area contributed by atoms with Gasteiger partial charge in [0.05, 0.1) is 22.9 Å². The summed E-state index contributed by atoms with van der Waals surface area (Å²) >= 11 is 0. The van der Waals surface area contributed by atoms with Crippen molar-refractivity contribution in [3.8, 4) is 17.9 Å². The largest absolute Gasteiger partial charge is 0.508 e. The maximum atomic E-state index is 9.12. The molecule has 1 rings (SSSR count). The molecule has 0 saturated heterocycles. The van der Waals surface area contributed by atoms with Crippen molar-refractivity contribution >= 4 is 6.08 Å². The number of hydrogen-bond acceptors (Lipinski definition) is 4. The van der Waals surface area contributed by atoms with E-state index in [0.29, 0.717) is 5.57 Å². The Labute approximate surface area is 99.5 Å². The molecule has 0 saturated carbocycles. The molecule has 0 spiro atoms. The molecule has 1 aromatic carbocycles. The lowest BCUT2D eigenvalue weighted by molar-refractivity contribution is 0.475. The predicted octanol–water partition coefficient (Wildman–Crippen LogP) is 2.06. The third kappa shape index (κ3) is 3.12. The van der Waals surface area contributed by atoms with E-state index in [0.717, 1.165) is 5.56 Å². The van der Waals surface area contributed by atoms with E-state index in [2.05, 4.69) is 0 Å². The number of allylic oxidation sites excluding steroid dienone is 2. The summed E-state index contributed by atoms with van der Waals surface area (Å²) in [5, 5.41) is 26.8. The van der Waals surface area contributed by atoms with Gasteiger partial charge in [-0.15, -0.1) is 0 Å². The first-order chi connectivity index (χ1) is 8.08. The topological polar surface area (TPSA) is 93.8 Å². The Hall–Kier alpha value is -2.72. The van der Waals surface area contributed by atoms with Crippen LogP contribution in [-0.4, -0.2) is 5.11 Å². The van der Waals surface area contributed by atoms with Gasteiger partial charge in [0.15, 0.2) is 0 Å². The standard InChI is InChI=1S/C13H11N3O/c1-9(7-14)13(16)11(8-15)6-10-2-4-12(17)5-3-10/h2-6,17H,16H2,1H3/b11-6+,13-9+. The van der Waals surface area contributed by atoms with Crippen LogP contribution in [0.1, 0.15) is 12.5 Å². The first-order valence-corrected chi connectivity index (χ1v) is 4.86. The van der Waals surface area contributed by atoms with Crippen molar-refractivity contribution in [1.29, 1.82) is 10.5 Å². The molecule has 0 aliphatic carbocycles. The second kappa shape index (κ2) is 5.39. The average Bonchev–Trinajstić information content (AvgIpc) is 2.36. The molecule has 1 aromatic rings. The number of aromatic hydroxyl groups is 1. The molecule has 0 aliphatic rings. The second-order valence-electron chi connectivity index (χ2n) is 3.41. The molecule has 17 heavy (non-hydrogen) atoms. The summed E-state index contributed by atoms with van der Waals surface area (Å²) in [5.74, 6) is 0.150. The molecule has 0 aromatic heterocycles. The number of phenolic OH excluding ortho intramolecular Hbond substituents is 1. The Morgan fingerprint density at radius 2 is 1.82 bits per heavy atom. The van der Waals surface area contributed by atoms with Crippen molar-refractivity contribution in [3.05, 3.63) is 46.7 Å². The maximum absolute atomic E-state index is 9.12. The molecule has 0 amide bonds. The zero-order valence-electron chi connectivity index (χ0n) is 9.31. The lowest BCUT2D eigenvalue weighted by atomic mass is 10.1. The highest BCUT2D eigenvalue weighted by atomic mass is 16.3. The minimum absolute atomic E-state index is 0.150. The highest BCUT2D eigenvalue weighted by Crippen LogP contribution is 2.16. The summed E-state index contributed by atoms with van der Waals surface area (Å²) in [4.78, 5) is 0. The fourth-order valence-electron chi connectivity index (χ4n) is 1.17. The highest BCUT2D eigenvalue weighted by Gasteiger charge is 2.04. The van der Waals surface area contributed by atoms with Gasteiger partial charge in [0.1, 0.15) is 11.8 Å². The van der Waals surface area contributed by atoms with Gasteiger partial charge in [-0.1, -0.05) is 12.1 Å². The Morgan fingerprint density at radius 1 is 1.24 bits per heavy atom. The van der Waals surface area contributed by atoms with E-state index in [9.17, 15) is 0 Å². The molecule has 0 bridgehead atoms. The van der Waals surface area contributed by atoms with Crippen molar-refractivity contribution in [2.75, 3.05) is 0 Å². The van der Waals surface area contributed by atoms with Crippen LogP contribution in [0.4, 0.5) is 0 Å². The number of nitrogens with two attached hydrogens (primary N) is 1. The van der Waals surface area contributed by atoms with Crippen LogP contribution in [0.25, 0.3) is 6.08 Å². The Morgan fingerprint density at radius 3 is 2.29 bits per heavy atom. The van der Waals surface area contributed by atoms with E-state index >= 15 is 0 Å². The van der Waals surface area contributed by atoms with E-state index in [1.54, 1.807) is 25.1 Å². The Kier molecular flexibility index (Phi) is 3.91. The minimum Gasteiger partial charge on any atom is -0.508 e. The first-order valence-electron chi connectivity index (χ1n) is 4.86. The van der Waals surface area contributed by atoms with Gasteiger partial charge in [0.25, 0.3) is 0 Å². The lowest BCUT2D eigenvalue weighted by Gasteiger charge is -2.01. The number of phenols is 1. The number of nitrogens with zero attached hydrogens (tertiary/aromatic N) is 2. The van der Waals surface area contributed by atoms with Gasteiger partial charge in [-0.25, -0.2) is 0 Å². The van der Waals surface area contributed by atoms with Crippen LogP contribution in [0.5, 0.6) is 5.75 Å². The predicted molar refractivity (Wildman–Crippen MR) is 64.2 cm³/mol. The summed E-state index contributed by atoms with van der Waals surface area (Å²) in [7, 11) is 0. The van der Waals surface area contributed by atoms with Gasteiger partial charge in [0.2, 0.25) is 0 Å². The molecule has 3 N–H and O–H groups in total. The van der Waals surface area contributed by atoms with Crippen LogP contribution < -0.4 is 5.73 Å². The van der Waals surface area contributed by atoms with Gasteiger partial charge >= 0.3 is 0 Å². The molecule has 0 heterocycles. The van der Waals surface area contributed by atoms with Crippen LogP contribution in [0.3, 0.4) is 0 Å². The highest BCUT2D eigenvalue weighted by molar-refractivity contribution is 5.64. The van der Waals surface area contributed by atoms with Crippen LogP contribution in [0, 0.1) is 22.7 Å². The van der Waals surface area contributed by atoms with E-state index in [4.69, 9.17) is 21.4 Å². The van der Waals surface area contributed by atoms with E-state index in [1.807, 2.05) is 12.1 Å². The van der Waals surface area contributed by atoms with Gasteiger partial charge in [-0.2, -0.15) is 10.5 Å². The fourth-order valence-corrected chi connectivity index (χ4v) is 1.17. The maximum Gasteiger partial charge on any atom is 0.115 e. The SMILES string of the molecule is C/C(C#N)=C(N)/C(C#N)=C/c1ccc(O)cc1. The molecule has 0 radical (unpaired) electrons. The van der Waals surface area contributed by atoms with Crippen molar-refractivity contribution in [2.24, 2.45) is 5.73 Å². The summed E-state index contributed by atoms with van der Waals surface area (Å²) in [6.07, 6.45) is 1.57. The third-order valence-corrected chi connectivity index (χ3v) is 2.19. The van der Waals surface area contributed by atoms with E-state index < -0.39 is 0 Å². The van der Waals surface area contributed by atoms with Crippen molar-refractivity contribution in [1.82, 2.24) is 0 Å². The van der Waals surface area contributed by atoms with Crippen LogP contribution in [0.15, 0.2) is 41.1 Å². The third-order valence-electron chi connectivity index (χ3n) is 2.19. The molecule has 4 nitrogen and oxygen atoms in total. The van der Waals surface area contributed by atoms with Gasteiger partial charge in [-0.3, -0.25) is 0 Å². The molecular weight excluding hydrogens is 214 g/mol. The quantitative estimate of drug-likeness (QED) is 0.595. The summed E-state index contributed by atoms with van der Waals surface area (Å²) < 4.78 is 0. The molecule has 4 heteroatoms. The van der Waals surface area contributed by atoms with Crippen LogP contribution in [0.2, 0.25) is 0 Å². The van der Waals surface area contributed by atoms with E-state index in [1.165, 1.54) is 12.1 Å². The van der Waals surface area contributed by atoms with Crippen molar-refractivity contribution in [2.45, 2.75) is 6.92 Å². The van der Waals surface area contributed by atoms with Crippen LogP contribution in [-0.2, 0) is 0 Å². The normalized spacial score (nSPS) is 12.3. The molecule has 84 valence electrons. The summed E-state index contributed by atoms with van der Waals surface area (Å²) in [6.45, 7) is 1.55. The first kappa shape index (κ1) is 12.4. The number of nitriles is 2. The Bertz CT molecular complexity index is 554. The number of hydrogen-bond donors (Lipinski definition) is 2. The van der Waals surface area contributed by atoms with Crippen LogP contribution >= 0.6 is 0 Å². The monoisotopic (exact) mass is 225 g/mol. The smallest absolute Gasteiger partial charge is 0.115 e. The minimum atomic E-state index is 0.150. The van der Waals surface area contributed by atoms with Gasteiger partial charge in [0, 0.05) is 0 Å². The fraction of sp³-hybridized carbons (Fsp3) is 0.0769. The number of rotatable bonds is 2. The summed E-state index contributed by atoms with van der Waals surface area (Å²) in [6, 6.07) is 10.2. The number of benzene rings is 1. The molecule has 0 unspecified atom stereocenters. The zero-order chi connectivity index (χ0) is 12.8.